The fourth-order valence-corrected chi connectivity index (χ4v) is 2.56. The van der Waals surface area contributed by atoms with Crippen LogP contribution in [0.15, 0.2) is 42.5 Å². The van der Waals surface area contributed by atoms with Crippen molar-refractivity contribution in [2.24, 2.45) is 5.73 Å². The summed E-state index contributed by atoms with van der Waals surface area (Å²) in [5.74, 6) is 1.59. The van der Waals surface area contributed by atoms with Gasteiger partial charge in [-0.3, -0.25) is 0 Å². The van der Waals surface area contributed by atoms with Gasteiger partial charge in [0, 0.05) is 11.1 Å². The molecule has 0 saturated heterocycles. The highest BCUT2D eigenvalue weighted by atomic mass is 35.5. The van der Waals surface area contributed by atoms with Crippen LogP contribution in [0.1, 0.15) is 23.6 Å². The number of hydrogen-bond acceptors (Lipinski definition) is 3. The first-order chi connectivity index (χ1) is 10.2. The molecule has 0 aromatic heterocycles. The minimum atomic E-state index is -0.0171. The van der Waals surface area contributed by atoms with Crippen molar-refractivity contribution in [3.8, 4) is 11.5 Å². The van der Waals surface area contributed by atoms with Gasteiger partial charge in [0.1, 0.15) is 13.2 Å². The maximum absolute atomic E-state index is 6.28. The van der Waals surface area contributed by atoms with Crippen LogP contribution >= 0.6 is 24.0 Å². The third kappa shape index (κ3) is 4.07. The van der Waals surface area contributed by atoms with Gasteiger partial charge in [0.25, 0.3) is 0 Å². The Labute approximate surface area is 141 Å². The minimum absolute atomic E-state index is 0. The quantitative estimate of drug-likeness (QED) is 0.909. The first kappa shape index (κ1) is 16.9. The van der Waals surface area contributed by atoms with E-state index in [0.29, 0.717) is 13.2 Å². The average Bonchev–Trinajstić information content (AvgIpc) is 2.53. The summed E-state index contributed by atoms with van der Waals surface area (Å²) in [6.07, 6.45) is 1.80. The van der Waals surface area contributed by atoms with Crippen LogP contribution in [0.2, 0.25) is 5.02 Å². The van der Waals surface area contributed by atoms with Gasteiger partial charge in [0.05, 0.1) is 0 Å². The summed E-state index contributed by atoms with van der Waals surface area (Å²) >= 11 is 5.89. The zero-order chi connectivity index (χ0) is 14.7. The molecule has 1 aliphatic rings. The Kier molecular flexibility index (Phi) is 5.95. The number of ether oxygens (including phenoxy) is 2. The van der Waals surface area contributed by atoms with Crippen molar-refractivity contribution in [3.05, 3.63) is 58.6 Å². The number of aryl methyl sites for hydroxylation is 1. The number of benzene rings is 2. The van der Waals surface area contributed by atoms with Crippen molar-refractivity contribution >= 4 is 24.0 Å². The fourth-order valence-electron chi connectivity index (χ4n) is 2.43. The lowest BCUT2D eigenvalue weighted by Gasteiger charge is -2.20. The molecule has 0 spiro atoms. The first-order valence-corrected chi connectivity index (χ1v) is 7.50. The van der Waals surface area contributed by atoms with Gasteiger partial charge in [0.15, 0.2) is 11.5 Å². The molecule has 0 radical (unpaired) electrons. The predicted octanol–water partition coefficient (Wildman–Crippen LogP) is 4.17. The highest BCUT2D eigenvalue weighted by Crippen LogP contribution is 2.33. The molecule has 1 atom stereocenters. The van der Waals surface area contributed by atoms with Crippen molar-refractivity contribution < 1.29 is 9.47 Å². The van der Waals surface area contributed by atoms with Gasteiger partial charge in [0.2, 0.25) is 0 Å². The molecule has 118 valence electrons. The summed E-state index contributed by atoms with van der Waals surface area (Å²) in [5, 5.41) is 0.759. The number of fused-ring (bicyclic) bond motifs is 1. The molecule has 1 aliphatic heterocycles. The summed E-state index contributed by atoms with van der Waals surface area (Å²) in [6.45, 7) is 1.20. The van der Waals surface area contributed by atoms with Crippen LogP contribution in [0.4, 0.5) is 0 Å². The number of rotatable bonds is 4. The molecule has 3 rings (SSSR count). The SMILES string of the molecule is Cl.NC(CCc1ccc(Cl)cc1)c1ccc2c(c1)OCCO2. The number of hydrogen-bond donors (Lipinski definition) is 1. The van der Waals surface area contributed by atoms with E-state index in [1.165, 1.54) is 5.56 Å². The third-order valence-electron chi connectivity index (χ3n) is 3.65. The van der Waals surface area contributed by atoms with Crippen LogP contribution in [-0.2, 0) is 6.42 Å². The van der Waals surface area contributed by atoms with Crippen molar-refractivity contribution in [1.29, 1.82) is 0 Å². The Morgan fingerprint density at radius 3 is 2.41 bits per heavy atom. The second-order valence-corrected chi connectivity index (χ2v) is 5.61. The van der Waals surface area contributed by atoms with Crippen LogP contribution < -0.4 is 15.2 Å². The Hall–Kier alpha value is -1.42. The lowest BCUT2D eigenvalue weighted by molar-refractivity contribution is 0.171. The molecule has 0 saturated carbocycles. The lowest BCUT2D eigenvalue weighted by Crippen LogP contribution is -2.17. The fraction of sp³-hybridized carbons (Fsp3) is 0.294. The van der Waals surface area contributed by atoms with E-state index in [9.17, 15) is 0 Å². The highest BCUT2D eigenvalue weighted by Gasteiger charge is 2.14. The third-order valence-corrected chi connectivity index (χ3v) is 3.90. The van der Waals surface area contributed by atoms with E-state index in [0.717, 1.165) is 34.9 Å². The van der Waals surface area contributed by atoms with E-state index in [-0.39, 0.29) is 18.4 Å². The number of nitrogens with two attached hydrogens (primary N) is 1. The standard InChI is InChI=1S/C17H18ClNO2.ClH/c18-14-5-1-12(2-6-14)3-7-15(19)13-4-8-16-17(11-13)21-10-9-20-16;/h1-2,4-6,8,11,15H,3,7,9-10,19H2;1H. The highest BCUT2D eigenvalue weighted by molar-refractivity contribution is 6.30. The molecule has 0 amide bonds. The van der Waals surface area contributed by atoms with Gasteiger partial charge < -0.3 is 15.2 Å². The zero-order valence-electron chi connectivity index (χ0n) is 12.1. The maximum atomic E-state index is 6.28. The first-order valence-electron chi connectivity index (χ1n) is 7.12. The van der Waals surface area contributed by atoms with E-state index in [2.05, 4.69) is 0 Å². The molecule has 2 aromatic rings. The molecule has 5 heteroatoms. The van der Waals surface area contributed by atoms with Gasteiger partial charge >= 0.3 is 0 Å². The van der Waals surface area contributed by atoms with E-state index in [1.807, 2.05) is 42.5 Å². The largest absolute Gasteiger partial charge is 0.486 e. The number of halogens is 2. The van der Waals surface area contributed by atoms with Crippen LogP contribution in [0, 0.1) is 0 Å². The topological polar surface area (TPSA) is 44.5 Å². The Morgan fingerprint density at radius 2 is 1.68 bits per heavy atom. The Balaban J connectivity index is 0.00000176. The van der Waals surface area contributed by atoms with Crippen molar-refractivity contribution in [2.75, 3.05) is 13.2 Å². The lowest BCUT2D eigenvalue weighted by atomic mass is 9.99. The molecule has 0 fully saturated rings. The molecular formula is C17H19Cl2NO2. The molecule has 0 aliphatic carbocycles. The second-order valence-electron chi connectivity index (χ2n) is 5.17. The van der Waals surface area contributed by atoms with E-state index < -0.39 is 0 Å². The van der Waals surface area contributed by atoms with Crippen molar-refractivity contribution in [2.45, 2.75) is 18.9 Å². The van der Waals surface area contributed by atoms with Gasteiger partial charge in [-0.2, -0.15) is 0 Å². The minimum Gasteiger partial charge on any atom is -0.486 e. The Bertz CT molecular complexity index is 617. The van der Waals surface area contributed by atoms with E-state index in [1.54, 1.807) is 0 Å². The summed E-state index contributed by atoms with van der Waals surface area (Å²) in [5.41, 5.74) is 8.60. The summed E-state index contributed by atoms with van der Waals surface area (Å²) in [7, 11) is 0. The van der Waals surface area contributed by atoms with Crippen molar-refractivity contribution in [3.63, 3.8) is 0 Å². The van der Waals surface area contributed by atoms with Gasteiger partial charge in [-0.1, -0.05) is 29.8 Å². The van der Waals surface area contributed by atoms with E-state index >= 15 is 0 Å². The van der Waals surface area contributed by atoms with Crippen LogP contribution in [-0.4, -0.2) is 13.2 Å². The smallest absolute Gasteiger partial charge is 0.161 e. The van der Waals surface area contributed by atoms with Crippen LogP contribution in [0.25, 0.3) is 0 Å². The molecular weight excluding hydrogens is 321 g/mol. The molecule has 22 heavy (non-hydrogen) atoms. The van der Waals surface area contributed by atoms with Gasteiger partial charge in [-0.05, 0) is 48.2 Å². The molecule has 1 unspecified atom stereocenters. The van der Waals surface area contributed by atoms with Gasteiger partial charge in [-0.25, -0.2) is 0 Å². The summed E-state index contributed by atoms with van der Waals surface area (Å²) in [6, 6.07) is 13.8. The molecule has 0 bridgehead atoms. The van der Waals surface area contributed by atoms with E-state index in [4.69, 9.17) is 26.8 Å². The van der Waals surface area contributed by atoms with Crippen molar-refractivity contribution in [1.82, 2.24) is 0 Å². The molecule has 2 N–H and O–H groups in total. The predicted molar refractivity (Wildman–Crippen MR) is 91.4 cm³/mol. The summed E-state index contributed by atoms with van der Waals surface area (Å²) < 4.78 is 11.1. The summed E-state index contributed by atoms with van der Waals surface area (Å²) in [4.78, 5) is 0. The second kappa shape index (κ2) is 7.73. The normalized spacial score (nSPS) is 14.1. The maximum Gasteiger partial charge on any atom is 0.161 e. The molecule has 3 nitrogen and oxygen atoms in total. The zero-order valence-corrected chi connectivity index (χ0v) is 13.7. The molecule has 2 aromatic carbocycles. The average molecular weight is 340 g/mol. The Morgan fingerprint density at radius 1 is 1.00 bits per heavy atom. The monoisotopic (exact) mass is 339 g/mol. The van der Waals surface area contributed by atoms with Crippen LogP contribution in [0.5, 0.6) is 11.5 Å². The molecule has 1 heterocycles. The van der Waals surface area contributed by atoms with Crippen LogP contribution in [0.3, 0.4) is 0 Å². The van der Waals surface area contributed by atoms with Gasteiger partial charge in [-0.15, -0.1) is 12.4 Å².